The molecule has 0 spiro atoms. The highest BCUT2D eigenvalue weighted by Crippen LogP contribution is 2.38. The normalized spacial score (nSPS) is 26.4. The summed E-state index contributed by atoms with van der Waals surface area (Å²) in [7, 11) is 0. The average Bonchev–Trinajstić information content (AvgIpc) is 2.61. The van der Waals surface area contributed by atoms with Crippen LogP contribution in [0.5, 0.6) is 0 Å². The van der Waals surface area contributed by atoms with Crippen LogP contribution in [0.2, 0.25) is 0 Å². The van der Waals surface area contributed by atoms with Gasteiger partial charge in [-0.1, -0.05) is 44.0 Å². The molecule has 1 saturated carbocycles. The van der Waals surface area contributed by atoms with Crippen molar-refractivity contribution < 1.29 is 4.79 Å². The third-order valence-electron chi connectivity index (χ3n) is 6.19. The van der Waals surface area contributed by atoms with Gasteiger partial charge in [0.05, 0.1) is 0 Å². The van der Waals surface area contributed by atoms with E-state index >= 15 is 0 Å². The second kappa shape index (κ2) is 8.22. The van der Waals surface area contributed by atoms with E-state index in [9.17, 15) is 4.79 Å². The molecular formula is C21H33N3O. The molecule has 0 radical (unpaired) electrons. The summed E-state index contributed by atoms with van der Waals surface area (Å²) in [6, 6.07) is 9.43. The first-order valence-corrected chi connectivity index (χ1v) is 9.90. The molecule has 0 aromatic heterocycles. The first kappa shape index (κ1) is 18.2. The Hall–Kier alpha value is -1.55. The van der Waals surface area contributed by atoms with Crippen molar-refractivity contribution in [2.75, 3.05) is 13.1 Å². The summed E-state index contributed by atoms with van der Waals surface area (Å²) in [4.78, 5) is 13.1. The molecule has 3 N–H and O–H groups in total. The molecular weight excluding hydrogens is 310 g/mol. The molecule has 2 fully saturated rings. The number of hydrogen-bond donors (Lipinski definition) is 2. The van der Waals surface area contributed by atoms with Crippen LogP contribution in [0.4, 0.5) is 4.79 Å². The van der Waals surface area contributed by atoms with Crippen LogP contribution in [0, 0.1) is 18.8 Å². The van der Waals surface area contributed by atoms with Crippen LogP contribution in [-0.4, -0.2) is 30.1 Å². The van der Waals surface area contributed by atoms with Gasteiger partial charge >= 0.3 is 6.03 Å². The lowest BCUT2D eigenvalue weighted by molar-refractivity contribution is 0.165. The SMILES string of the molecule is Cc1ccccc1[C@H](NC1CCN(C(N)=O)CC1)[C@@H]1CCC[C@H](C)C1. The molecule has 2 aliphatic rings. The third kappa shape index (κ3) is 4.55. The van der Waals surface area contributed by atoms with Crippen molar-refractivity contribution in [1.29, 1.82) is 0 Å². The van der Waals surface area contributed by atoms with Crippen molar-refractivity contribution in [2.45, 2.75) is 64.5 Å². The van der Waals surface area contributed by atoms with E-state index < -0.39 is 0 Å². The summed E-state index contributed by atoms with van der Waals surface area (Å²) in [6.45, 7) is 6.17. The second-order valence-corrected chi connectivity index (χ2v) is 8.13. The number of nitrogens with two attached hydrogens (primary N) is 1. The number of nitrogens with zero attached hydrogens (tertiary/aromatic N) is 1. The summed E-state index contributed by atoms with van der Waals surface area (Å²) in [6.07, 6.45) is 7.33. The van der Waals surface area contributed by atoms with Crippen LogP contribution in [0.3, 0.4) is 0 Å². The molecule has 4 nitrogen and oxygen atoms in total. The topological polar surface area (TPSA) is 58.4 Å². The Morgan fingerprint density at radius 2 is 1.92 bits per heavy atom. The van der Waals surface area contributed by atoms with Gasteiger partial charge in [-0.15, -0.1) is 0 Å². The third-order valence-corrected chi connectivity index (χ3v) is 6.19. The largest absolute Gasteiger partial charge is 0.351 e. The smallest absolute Gasteiger partial charge is 0.314 e. The van der Waals surface area contributed by atoms with Crippen molar-refractivity contribution in [3.8, 4) is 0 Å². The van der Waals surface area contributed by atoms with E-state index in [2.05, 4.69) is 43.4 Å². The number of urea groups is 1. The summed E-state index contributed by atoms with van der Waals surface area (Å²) >= 11 is 0. The van der Waals surface area contributed by atoms with Crippen LogP contribution in [0.15, 0.2) is 24.3 Å². The molecule has 25 heavy (non-hydrogen) atoms. The minimum absolute atomic E-state index is 0.282. The van der Waals surface area contributed by atoms with E-state index in [1.165, 1.54) is 36.8 Å². The fraction of sp³-hybridized carbons (Fsp3) is 0.667. The number of rotatable bonds is 4. The lowest BCUT2D eigenvalue weighted by atomic mass is 9.75. The Bertz CT molecular complexity index is 580. The van der Waals surface area contributed by atoms with E-state index in [0.717, 1.165) is 31.8 Å². The fourth-order valence-electron chi connectivity index (χ4n) is 4.72. The van der Waals surface area contributed by atoms with Crippen LogP contribution in [-0.2, 0) is 0 Å². The predicted octanol–water partition coefficient (Wildman–Crippen LogP) is 4.00. The second-order valence-electron chi connectivity index (χ2n) is 8.13. The number of primary amides is 1. The summed E-state index contributed by atoms with van der Waals surface area (Å²) in [5.41, 5.74) is 8.26. The van der Waals surface area contributed by atoms with Gasteiger partial charge in [-0.05, 0) is 55.6 Å². The van der Waals surface area contributed by atoms with Crippen LogP contribution >= 0.6 is 0 Å². The number of nitrogens with one attached hydrogen (secondary N) is 1. The van der Waals surface area contributed by atoms with Gasteiger partial charge in [0, 0.05) is 25.2 Å². The Morgan fingerprint density at radius 1 is 1.20 bits per heavy atom. The fourth-order valence-corrected chi connectivity index (χ4v) is 4.72. The van der Waals surface area contributed by atoms with Crippen LogP contribution in [0.25, 0.3) is 0 Å². The van der Waals surface area contributed by atoms with Gasteiger partial charge in [0.2, 0.25) is 0 Å². The number of amides is 2. The Labute approximate surface area is 152 Å². The van der Waals surface area contributed by atoms with Crippen LogP contribution in [0.1, 0.15) is 62.6 Å². The monoisotopic (exact) mass is 343 g/mol. The summed E-state index contributed by atoms with van der Waals surface area (Å²) in [5, 5.41) is 3.98. The molecule has 3 rings (SSSR count). The zero-order chi connectivity index (χ0) is 17.8. The number of likely N-dealkylation sites (tertiary alicyclic amines) is 1. The molecule has 1 aliphatic carbocycles. The molecule has 0 unspecified atom stereocenters. The first-order chi connectivity index (χ1) is 12.0. The lowest BCUT2D eigenvalue weighted by Crippen LogP contribution is -2.48. The standard InChI is InChI=1S/C21H33N3O/c1-15-6-5-8-17(14-15)20(19-9-4-3-7-16(19)2)23-18-10-12-24(13-11-18)21(22)25/h3-4,7,9,15,17-18,20,23H,5-6,8,10-14H2,1-2H3,(H2,22,25)/t15-,17+,20+/m0/s1. The molecule has 138 valence electrons. The van der Waals surface area contributed by atoms with Crippen molar-refractivity contribution in [2.24, 2.45) is 17.6 Å². The highest BCUT2D eigenvalue weighted by atomic mass is 16.2. The van der Waals surface area contributed by atoms with Gasteiger partial charge < -0.3 is 16.0 Å². The minimum atomic E-state index is -0.282. The Balaban J connectivity index is 1.73. The molecule has 0 bridgehead atoms. The molecule has 1 aromatic carbocycles. The molecule has 1 saturated heterocycles. The van der Waals surface area contributed by atoms with Crippen molar-refractivity contribution >= 4 is 6.03 Å². The van der Waals surface area contributed by atoms with Crippen molar-refractivity contribution in [3.63, 3.8) is 0 Å². The van der Waals surface area contributed by atoms with Gasteiger partial charge in [0.15, 0.2) is 0 Å². The predicted molar refractivity (Wildman–Crippen MR) is 102 cm³/mol. The molecule has 1 heterocycles. The van der Waals surface area contributed by atoms with Crippen LogP contribution < -0.4 is 11.1 Å². The van der Waals surface area contributed by atoms with E-state index in [4.69, 9.17) is 5.73 Å². The maximum Gasteiger partial charge on any atom is 0.314 e. The van der Waals surface area contributed by atoms with Gasteiger partial charge in [-0.3, -0.25) is 0 Å². The Kier molecular flexibility index (Phi) is 6.00. The molecule has 1 aliphatic heterocycles. The average molecular weight is 344 g/mol. The zero-order valence-electron chi connectivity index (χ0n) is 15.7. The summed E-state index contributed by atoms with van der Waals surface area (Å²) in [5.74, 6) is 1.53. The summed E-state index contributed by atoms with van der Waals surface area (Å²) < 4.78 is 0. The number of aryl methyl sites for hydroxylation is 1. The van der Waals surface area contributed by atoms with E-state index in [0.29, 0.717) is 18.0 Å². The molecule has 4 heteroatoms. The lowest BCUT2D eigenvalue weighted by Gasteiger charge is -2.39. The number of hydrogen-bond acceptors (Lipinski definition) is 2. The van der Waals surface area contributed by atoms with Gasteiger partial charge in [0.25, 0.3) is 0 Å². The van der Waals surface area contributed by atoms with Crippen molar-refractivity contribution in [1.82, 2.24) is 10.2 Å². The number of benzene rings is 1. The number of piperidine rings is 1. The van der Waals surface area contributed by atoms with E-state index in [1.54, 1.807) is 4.90 Å². The maximum atomic E-state index is 11.4. The van der Waals surface area contributed by atoms with Gasteiger partial charge in [-0.25, -0.2) is 4.79 Å². The highest BCUT2D eigenvalue weighted by molar-refractivity contribution is 5.72. The first-order valence-electron chi connectivity index (χ1n) is 9.90. The Morgan fingerprint density at radius 3 is 2.56 bits per heavy atom. The quantitative estimate of drug-likeness (QED) is 0.868. The van der Waals surface area contributed by atoms with Gasteiger partial charge in [0.1, 0.15) is 0 Å². The molecule has 3 atom stereocenters. The number of carbonyl (C=O) groups excluding carboxylic acids is 1. The molecule has 2 amide bonds. The number of carbonyl (C=O) groups is 1. The van der Waals surface area contributed by atoms with Crippen molar-refractivity contribution in [3.05, 3.63) is 35.4 Å². The maximum absolute atomic E-state index is 11.4. The zero-order valence-corrected chi connectivity index (χ0v) is 15.7. The highest BCUT2D eigenvalue weighted by Gasteiger charge is 2.31. The van der Waals surface area contributed by atoms with Gasteiger partial charge in [-0.2, -0.15) is 0 Å². The van der Waals surface area contributed by atoms with E-state index in [-0.39, 0.29) is 6.03 Å². The minimum Gasteiger partial charge on any atom is -0.351 e. The van der Waals surface area contributed by atoms with E-state index in [1.807, 2.05) is 0 Å². The molecule has 1 aromatic rings.